The SMILES string of the molecule is O=C(c1c[nH]c2ccccc12)N1CC(C(=O)N2CCN(c3ccccc3Cl)CC2)C1. The van der Waals surface area contributed by atoms with Crippen molar-refractivity contribution in [3.05, 3.63) is 65.3 Å². The summed E-state index contributed by atoms with van der Waals surface area (Å²) in [6, 6.07) is 15.6. The molecule has 0 unspecified atom stereocenters. The number of carbonyl (C=O) groups is 2. The van der Waals surface area contributed by atoms with Crippen molar-refractivity contribution in [1.29, 1.82) is 0 Å². The summed E-state index contributed by atoms with van der Waals surface area (Å²) < 4.78 is 0. The number of para-hydroxylation sites is 2. The van der Waals surface area contributed by atoms with Crippen LogP contribution in [-0.4, -0.2) is 65.9 Å². The maximum Gasteiger partial charge on any atom is 0.256 e. The van der Waals surface area contributed by atoms with Gasteiger partial charge in [-0.2, -0.15) is 0 Å². The molecule has 0 spiro atoms. The molecule has 2 fully saturated rings. The molecule has 2 aromatic carbocycles. The van der Waals surface area contributed by atoms with Crippen LogP contribution in [0.4, 0.5) is 5.69 Å². The topological polar surface area (TPSA) is 59.7 Å². The summed E-state index contributed by atoms with van der Waals surface area (Å²) in [6.07, 6.45) is 1.76. The Hall–Kier alpha value is -2.99. The Balaban J connectivity index is 1.17. The van der Waals surface area contributed by atoms with Gasteiger partial charge in [0.1, 0.15) is 0 Å². The molecule has 3 aromatic rings. The molecule has 30 heavy (non-hydrogen) atoms. The minimum absolute atomic E-state index is 0.0139. The molecule has 0 saturated carbocycles. The molecule has 2 amide bonds. The highest BCUT2D eigenvalue weighted by atomic mass is 35.5. The van der Waals surface area contributed by atoms with Crippen molar-refractivity contribution in [2.24, 2.45) is 5.92 Å². The average Bonchev–Trinajstić information content (AvgIpc) is 3.17. The van der Waals surface area contributed by atoms with Gasteiger partial charge in [-0.05, 0) is 18.2 Å². The Morgan fingerprint density at radius 3 is 2.37 bits per heavy atom. The number of fused-ring (bicyclic) bond motifs is 1. The Morgan fingerprint density at radius 2 is 1.60 bits per heavy atom. The van der Waals surface area contributed by atoms with Crippen LogP contribution in [0.3, 0.4) is 0 Å². The number of rotatable bonds is 3. The Bertz CT molecular complexity index is 1100. The van der Waals surface area contributed by atoms with Crippen LogP contribution in [0.5, 0.6) is 0 Å². The third-order valence-electron chi connectivity index (χ3n) is 6.12. The van der Waals surface area contributed by atoms with Gasteiger partial charge in [0.25, 0.3) is 5.91 Å². The minimum Gasteiger partial charge on any atom is -0.367 e. The fraction of sp³-hybridized carbons (Fsp3) is 0.304. The highest BCUT2D eigenvalue weighted by Gasteiger charge is 2.39. The molecule has 2 aliphatic heterocycles. The van der Waals surface area contributed by atoms with E-state index < -0.39 is 0 Å². The lowest BCUT2D eigenvalue weighted by molar-refractivity contribution is -0.140. The van der Waals surface area contributed by atoms with E-state index in [2.05, 4.69) is 9.88 Å². The van der Waals surface area contributed by atoms with Gasteiger partial charge < -0.3 is 19.7 Å². The summed E-state index contributed by atoms with van der Waals surface area (Å²) in [5, 5.41) is 1.66. The number of carbonyl (C=O) groups excluding carboxylic acids is 2. The first kappa shape index (κ1) is 19.0. The molecule has 1 N–H and O–H groups in total. The van der Waals surface area contributed by atoms with Gasteiger partial charge in [0.15, 0.2) is 0 Å². The number of likely N-dealkylation sites (tertiary alicyclic amines) is 1. The molecule has 6 nitrogen and oxygen atoms in total. The van der Waals surface area contributed by atoms with E-state index in [4.69, 9.17) is 11.6 Å². The van der Waals surface area contributed by atoms with E-state index >= 15 is 0 Å². The van der Waals surface area contributed by atoms with Crippen molar-refractivity contribution in [2.75, 3.05) is 44.2 Å². The first-order valence-corrected chi connectivity index (χ1v) is 10.6. The summed E-state index contributed by atoms with van der Waals surface area (Å²) in [7, 11) is 0. The van der Waals surface area contributed by atoms with Crippen molar-refractivity contribution < 1.29 is 9.59 Å². The number of hydrogen-bond acceptors (Lipinski definition) is 3. The number of hydrogen-bond donors (Lipinski definition) is 1. The molecule has 2 saturated heterocycles. The number of benzene rings is 2. The first-order valence-electron chi connectivity index (χ1n) is 10.3. The van der Waals surface area contributed by atoms with Gasteiger partial charge >= 0.3 is 0 Å². The second-order valence-electron chi connectivity index (χ2n) is 7.92. The summed E-state index contributed by atoms with van der Waals surface area (Å²) in [6.45, 7) is 3.86. The van der Waals surface area contributed by atoms with E-state index in [0.717, 1.165) is 34.7 Å². The average molecular weight is 423 g/mol. The van der Waals surface area contributed by atoms with Crippen molar-refractivity contribution in [3.8, 4) is 0 Å². The predicted molar refractivity (Wildman–Crippen MR) is 118 cm³/mol. The third-order valence-corrected chi connectivity index (χ3v) is 6.44. The van der Waals surface area contributed by atoms with E-state index in [1.807, 2.05) is 53.4 Å². The van der Waals surface area contributed by atoms with Crippen LogP contribution in [0.15, 0.2) is 54.7 Å². The Kier molecular flexibility index (Phi) is 4.87. The third kappa shape index (κ3) is 3.31. The highest BCUT2D eigenvalue weighted by molar-refractivity contribution is 6.33. The highest BCUT2D eigenvalue weighted by Crippen LogP contribution is 2.28. The lowest BCUT2D eigenvalue weighted by Crippen LogP contribution is -2.59. The van der Waals surface area contributed by atoms with E-state index in [0.29, 0.717) is 31.7 Å². The standard InChI is InChI=1S/C23H23ClN4O2/c24-19-6-2-4-8-21(19)26-9-11-27(12-10-26)22(29)16-14-28(15-16)23(30)18-13-25-20-7-3-1-5-17(18)20/h1-8,13,16,25H,9-12,14-15H2. The van der Waals surface area contributed by atoms with Gasteiger partial charge in [0.2, 0.25) is 5.91 Å². The van der Waals surface area contributed by atoms with E-state index in [1.165, 1.54) is 0 Å². The lowest BCUT2D eigenvalue weighted by Gasteiger charge is -2.43. The van der Waals surface area contributed by atoms with Gasteiger partial charge in [-0.1, -0.05) is 41.9 Å². The fourth-order valence-corrected chi connectivity index (χ4v) is 4.61. The number of piperazine rings is 1. The molecule has 1 aromatic heterocycles. The summed E-state index contributed by atoms with van der Waals surface area (Å²) in [4.78, 5) is 34.8. The number of nitrogens with zero attached hydrogens (tertiary/aromatic N) is 3. The lowest BCUT2D eigenvalue weighted by atomic mass is 9.96. The van der Waals surface area contributed by atoms with Gasteiger partial charge in [0, 0.05) is 56.4 Å². The molecule has 0 radical (unpaired) electrons. The Labute approximate surface area is 180 Å². The van der Waals surface area contributed by atoms with Gasteiger partial charge in [-0.25, -0.2) is 0 Å². The Morgan fingerprint density at radius 1 is 0.900 bits per heavy atom. The normalized spacial score (nSPS) is 17.3. The van der Waals surface area contributed by atoms with Crippen molar-refractivity contribution in [1.82, 2.24) is 14.8 Å². The van der Waals surface area contributed by atoms with Crippen LogP contribution < -0.4 is 4.90 Å². The molecule has 0 aliphatic carbocycles. The van der Waals surface area contributed by atoms with Crippen molar-refractivity contribution in [2.45, 2.75) is 0 Å². The summed E-state index contributed by atoms with van der Waals surface area (Å²) in [5.41, 5.74) is 2.64. The first-order chi connectivity index (χ1) is 14.6. The van der Waals surface area contributed by atoms with Crippen LogP contribution in [0.25, 0.3) is 10.9 Å². The second-order valence-corrected chi connectivity index (χ2v) is 8.33. The zero-order chi connectivity index (χ0) is 20.7. The van der Waals surface area contributed by atoms with Crippen LogP contribution in [0.1, 0.15) is 10.4 Å². The number of anilines is 1. The van der Waals surface area contributed by atoms with E-state index in [9.17, 15) is 9.59 Å². The van der Waals surface area contributed by atoms with Gasteiger partial charge in [-0.3, -0.25) is 9.59 Å². The molecule has 2 aliphatic rings. The zero-order valence-corrected chi connectivity index (χ0v) is 17.3. The number of H-pyrrole nitrogens is 1. The minimum atomic E-state index is -0.106. The number of aromatic nitrogens is 1. The van der Waals surface area contributed by atoms with Crippen LogP contribution >= 0.6 is 11.6 Å². The number of nitrogens with one attached hydrogen (secondary N) is 1. The maximum absolute atomic E-state index is 12.9. The second kappa shape index (κ2) is 7.69. The molecule has 0 bridgehead atoms. The molecule has 5 rings (SSSR count). The molecule has 154 valence electrons. The molecular weight excluding hydrogens is 400 g/mol. The van der Waals surface area contributed by atoms with Crippen LogP contribution in [0.2, 0.25) is 5.02 Å². The van der Waals surface area contributed by atoms with Crippen LogP contribution in [-0.2, 0) is 4.79 Å². The fourth-order valence-electron chi connectivity index (χ4n) is 4.35. The smallest absolute Gasteiger partial charge is 0.256 e. The quantitative estimate of drug-likeness (QED) is 0.704. The molecule has 7 heteroatoms. The van der Waals surface area contributed by atoms with E-state index in [-0.39, 0.29) is 17.7 Å². The van der Waals surface area contributed by atoms with Crippen molar-refractivity contribution >= 4 is 40.0 Å². The summed E-state index contributed by atoms with van der Waals surface area (Å²) in [5.74, 6) is 0.0304. The number of amides is 2. The van der Waals surface area contributed by atoms with Crippen LogP contribution in [0, 0.1) is 5.92 Å². The molecular formula is C23H23ClN4O2. The van der Waals surface area contributed by atoms with Gasteiger partial charge in [-0.15, -0.1) is 0 Å². The molecule has 0 atom stereocenters. The monoisotopic (exact) mass is 422 g/mol. The summed E-state index contributed by atoms with van der Waals surface area (Å²) >= 11 is 6.30. The number of aromatic amines is 1. The largest absolute Gasteiger partial charge is 0.367 e. The zero-order valence-electron chi connectivity index (χ0n) is 16.6. The van der Waals surface area contributed by atoms with E-state index in [1.54, 1.807) is 11.1 Å². The van der Waals surface area contributed by atoms with Gasteiger partial charge in [0.05, 0.1) is 22.2 Å². The number of halogens is 1. The maximum atomic E-state index is 12.9. The predicted octanol–water partition coefficient (Wildman–Crippen LogP) is 3.24. The van der Waals surface area contributed by atoms with Crippen molar-refractivity contribution in [3.63, 3.8) is 0 Å². The molecule has 3 heterocycles.